The highest BCUT2D eigenvalue weighted by Crippen LogP contribution is 2.50. The van der Waals surface area contributed by atoms with Crippen LogP contribution in [-0.4, -0.2) is 8.07 Å². The first-order valence-corrected chi connectivity index (χ1v) is 11.2. The maximum atomic E-state index is 6.44. The van der Waals surface area contributed by atoms with Gasteiger partial charge in [-0.2, -0.15) is 0 Å². The third kappa shape index (κ3) is 3.31. The summed E-state index contributed by atoms with van der Waals surface area (Å²) in [6, 6.07) is 17.5. The van der Waals surface area contributed by atoms with Crippen LogP contribution >= 0.6 is 27.5 Å². The lowest BCUT2D eigenvalue weighted by molar-refractivity contribution is 0.636. The molecular formula is C20H26BrClSi. The molecule has 23 heavy (non-hydrogen) atoms. The lowest BCUT2D eigenvalue weighted by atomic mass is 10.2. The Morgan fingerprint density at radius 2 is 1.30 bits per heavy atom. The minimum absolute atomic E-state index is 0.150. The fraction of sp³-hybridized carbons (Fsp3) is 0.400. The molecule has 0 aliphatic heterocycles. The molecule has 2 aromatic carbocycles. The SMILES string of the molecule is CC(C)(C)[Si](c1ccccc1)(c1cc(Cl)cc(Br)c1)C(C)(C)C. The predicted molar refractivity (Wildman–Crippen MR) is 110 cm³/mol. The molecule has 0 nitrogen and oxygen atoms in total. The first-order chi connectivity index (χ1) is 10.5. The van der Waals surface area contributed by atoms with Gasteiger partial charge in [0.25, 0.3) is 0 Å². The van der Waals surface area contributed by atoms with Crippen molar-refractivity contribution in [1.29, 1.82) is 0 Å². The van der Waals surface area contributed by atoms with Gasteiger partial charge in [0.2, 0.25) is 0 Å². The molecule has 0 atom stereocenters. The van der Waals surface area contributed by atoms with E-state index in [1.807, 2.05) is 6.07 Å². The van der Waals surface area contributed by atoms with Crippen LogP contribution in [0.2, 0.25) is 15.1 Å². The second-order valence-corrected chi connectivity index (χ2v) is 15.3. The van der Waals surface area contributed by atoms with Crippen molar-refractivity contribution in [3.63, 3.8) is 0 Å². The summed E-state index contributed by atoms with van der Waals surface area (Å²) in [4.78, 5) is 0. The van der Waals surface area contributed by atoms with E-state index >= 15 is 0 Å². The Morgan fingerprint density at radius 1 is 0.783 bits per heavy atom. The minimum Gasteiger partial charge on any atom is -0.0843 e. The predicted octanol–water partition coefficient (Wildman–Crippen LogP) is 6.27. The van der Waals surface area contributed by atoms with E-state index in [1.165, 1.54) is 10.4 Å². The van der Waals surface area contributed by atoms with Crippen molar-refractivity contribution < 1.29 is 0 Å². The van der Waals surface area contributed by atoms with Crippen molar-refractivity contribution in [3.8, 4) is 0 Å². The van der Waals surface area contributed by atoms with Gasteiger partial charge >= 0.3 is 0 Å². The summed E-state index contributed by atoms with van der Waals surface area (Å²) in [7, 11) is -2.13. The molecule has 2 aromatic rings. The maximum Gasteiger partial charge on any atom is 0.128 e. The Hall–Kier alpha value is -0.573. The van der Waals surface area contributed by atoms with Crippen LogP contribution in [0.25, 0.3) is 0 Å². The van der Waals surface area contributed by atoms with Crippen molar-refractivity contribution in [3.05, 3.63) is 58.0 Å². The van der Waals surface area contributed by atoms with Gasteiger partial charge in [0.15, 0.2) is 0 Å². The fourth-order valence-electron chi connectivity index (χ4n) is 4.48. The van der Waals surface area contributed by atoms with Gasteiger partial charge in [-0.25, -0.2) is 0 Å². The van der Waals surface area contributed by atoms with Gasteiger partial charge in [-0.05, 0) is 28.3 Å². The van der Waals surface area contributed by atoms with Gasteiger partial charge in [-0.1, -0.05) is 110 Å². The second kappa shape index (κ2) is 6.38. The summed E-state index contributed by atoms with van der Waals surface area (Å²) in [5, 5.41) is 3.96. The molecule has 0 fully saturated rings. The zero-order valence-corrected chi connectivity index (χ0v) is 18.2. The molecule has 0 heterocycles. The normalized spacial score (nSPS) is 13.2. The average Bonchev–Trinajstić information content (AvgIpc) is 2.35. The first kappa shape index (κ1) is 18.8. The van der Waals surface area contributed by atoms with E-state index in [0.29, 0.717) is 0 Å². The molecule has 0 unspecified atom stereocenters. The zero-order chi connectivity index (χ0) is 17.5. The number of benzene rings is 2. The van der Waals surface area contributed by atoms with E-state index < -0.39 is 8.07 Å². The summed E-state index contributed by atoms with van der Waals surface area (Å²) in [6.45, 7) is 14.3. The molecule has 0 bridgehead atoms. The first-order valence-electron chi connectivity index (χ1n) is 8.02. The monoisotopic (exact) mass is 408 g/mol. The minimum atomic E-state index is -2.13. The highest BCUT2D eigenvalue weighted by atomic mass is 79.9. The van der Waals surface area contributed by atoms with E-state index in [1.54, 1.807) is 0 Å². The van der Waals surface area contributed by atoms with E-state index in [4.69, 9.17) is 11.6 Å². The van der Waals surface area contributed by atoms with Gasteiger partial charge in [0.05, 0.1) is 0 Å². The average molecular weight is 410 g/mol. The quantitative estimate of drug-likeness (QED) is 0.513. The van der Waals surface area contributed by atoms with Crippen molar-refractivity contribution in [2.45, 2.75) is 51.6 Å². The third-order valence-corrected chi connectivity index (χ3v) is 12.3. The van der Waals surface area contributed by atoms with Crippen LogP contribution < -0.4 is 10.4 Å². The van der Waals surface area contributed by atoms with Crippen molar-refractivity contribution in [2.75, 3.05) is 0 Å². The molecule has 0 spiro atoms. The standard InChI is InChI=1S/C20H26BrClSi/c1-19(2,3)23(20(4,5)6,17-10-8-7-9-11-17)18-13-15(21)12-16(22)14-18/h7-14H,1-6H3. The highest BCUT2D eigenvalue weighted by Gasteiger charge is 2.55. The highest BCUT2D eigenvalue weighted by molar-refractivity contribution is 9.10. The molecule has 0 radical (unpaired) electrons. The van der Waals surface area contributed by atoms with Crippen LogP contribution in [0.15, 0.2) is 53.0 Å². The largest absolute Gasteiger partial charge is 0.128 e. The molecule has 0 N–H and O–H groups in total. The van der Waals surface area contributed by atoms with Crippen molar-refractivity contribution >= 4 is 46.0 Å². The fourth-order valence-corrected chi connectivity index (χ4v) is 13.1. The molecule has 3 heteroatoms. The topological polar surface area (TPSA) is 0 Å². The number of rotatable bonds is 2. The molecule has 0 aliphatic rings. The van der Waals surface area contributed by atoms with Crippen LogP contribution in [0.1, 0.15) is 41.5 Å². The lowest BCUT2D eigenvalue weighted by Crippen LogP contribution is -2.69. The van der Waals surface area contributed by atoms with Crippen molar-refractivity contribution in [2.24, 2.45) is 0 Å². The lowest BCUT2D eigenvalue weighted by Gasteiger charge is -2.53. The van der Waals surface area contributed by atoms with Gasteiger partial charge in [-0.15, -0.1) is 0 Å². The van der Waals surface area contributed by atoms with Crippen molar-refractivity contribution in [1.82, 2.24) is 0 Å². The van der Waals surface area contributed by atoms with Crippen LogP contribution in [0.3, 0.4) is 0 Å². The van der Waals surface area contributed by atoms with Crippen LogP contribution in [0.5, 0.6) is 0 Å². The van der Waals surface area contributed by atoms with Crippen LogP contribution in [-0.2, 0) is 0 Å². The van der Waals surface area contributed by atoms with Gasteiger partial charge in [0, 0.05) is 9.50 Å². The Balaban J connectivity index is 2.94. The van der Waals surface area contributed by atoms with E-state index in [0.717, 1.165) is 9.50 Å². The summed E-state index contributed by atoms with van der Waals surface area (Å²) >= 11 is 10.1. The van der Waals surface area contributed by atoms with Gasteiger partial charge in [0.1, 0.15) is 8.07 Å². The summed E-state index contributed by atoms with van der Waals surface area (Å²) in [6.07, 6.45) is 0. The molecule has 0 amide bonds. The van der Waals surface area contributed by atoms with E-state index in [9.17, 15) is 0 Å². The summed E-state index contributed by atoms with van der Waals surface area (Å²) < 4.78 is 1.06. The van der Waals surface area contributed by atoms with Gasteiger partial charge in [-0.3, -0.25) is 0 Å². The Morgan fingerprint density at radius 3 is 1.74 bits per heavy atom. The molecular weight excluding hydrogens is 384 g/mol. The molecule has 0 aromatic heterocycles. The zero-order valence-electron chi connectivity index (χ0n) is 14.9. The number of hydrogen-bond acceptors (Lipinski definition) is 0. The van der Waals surface area contributed by atoms with Crippen LogP contribution in [0, 0.1) is 0 Å². The molecule has 0 saturated carbocycles. The smallest absolute Gasteiger partial charge is 0.0843 e. The second-order valence-electron chi connectivity index (χ2n) is 8.27. The molecule has 124 valence electrons. The third-order valence-electron chi connectivity index (χ3n) is 4.75. The van der Waals surface area contributed by atoms with E-state index in [2.05, 4.69) is 99.9 Å². The van der Waals surface area contributed by atoms with E-state index in [-0.39, 0.29) is 10.1 Å². The number of hydrogen-bond donors (Lipinski definition) is 0. The molecule has 2 rings (SSSR count). The number of halogens is 2. The summed E-state index contributed by atoms with van der Waals surface area (Å²) in [5.74, 6) is 0. The molecule has 0 aliphatic carbocycles. The Kier molecular flexibility index (Phi) is 5.21. The Bertz CT molecular complexity index is 647. The maximum absolute atomic E-state index is 6.44. The van der Waals surface area contributed by atoms with Gasteiger partial charge < -0.3 is 0 Å². The van der Waals surface area contributed by atoms with Crippen LogP contribution in [0.4, 0.5) is 0 Å². The molecule has 0 saturated heterocycles. The Labute approximate surface area is 155 Å². The summed E-state index contributed by atoms with van der Waals surface area (Å²) in [5.41, 5.74) is 0.